The van der Waals surface area contributed by atoms with Crippen LogP contribution in [0.1, 0.15) is 11.1 Å². The standard InChI is InChI=1S/C15H12ClF3N2/c16-12-8-10(15(17,18)19)1-3-14(12)21-6-5-9-7-11(20)2-4-13(9)21/h1-4,7-8H,5-6,20H2. The zero-order valence-corrected chi connectivity index (χ0v) is 11.7. The second-order valence-electron chi connectivity index (χ2n) is 4.95. The highest BCUT2D eigenvalue weighted by Gasteiger charge is 2.32. The maximum Gasteiger partial charge on any atom is 0.416 e. The van der Waals surface area contributed by atoms with Gasteiger partial charge in [0, 0.05) is 17.9 Å². The Morgan fingerprint density at radius 3 is 2.43 bits per heavy atom. The SMILES string of the molecule is Nc1ccc2c(c1)CCN2c1ccc(C(F)(F)F)cc1Cl. The minimum Gasteiger partial charge on any atom is -0.399 e. The predicted octanol–water partition coefficient (Wildman–Crippen LogP) is 4.64. The van der Waals surface area contributed by atoms with E-state index in [2.05, 4.69) is 0 Å². The van der Waals surface area contributed by atoms with Crippen LogP contribution in [0.5, 0.6) is 0 Å². The number of nitrogen functional groups attached to an aromatic ring is 1. The fourth-order valence-electron chi connectivity index (χ4n) is 2.57. The van der Waals surface area contributed by atoms with Crippen molar-refractivity contribution < 1.29 is 13.2 Å². The molecule has 0 amide bonds. The molecule has 0 bridgehead atoms. The van der Waals surface area contributed by atoms with Gasteiger partial charge in [-0.2, -0.15) is 13.2 Å². The maximum absolute atomic E-state index is 12.7. The van der Waals surface area contributed by atoms with Gasteiger partial charge in [-0.25, -0.2) is 0 Å². The third-order valence-electron chi connectivity index (χ3n) is 3.56. The van der Waals surface area contributed by atoms with E-state index < -0.39 is 11.7 Å². The van der Waals surface area contributed by atoms with Crippen LogP contribution < -0.4 is 10.6 Å². The van der Waals surface area contributed by atoms with Gasteiger partial charge in [0.15, 0.2) is 0 Å². The molecular formula is C15H12ClF3N2. The number of alkyl halides is 3. The molecule has 0 atom stereocenters. The number of nitrogens with two attached hydrogens (primary N) is 1. The first-order valence-corrected chi connectivity index (χ1v) is 6.77. The van der Waals surface area contributed by atoms with Crippen molar-refractivity contribution in [2.24, 2.45) is 0 Å². The smallest absolute Gasteiger partial charge is 0.399 e. The molecule has 2 aromatic rings. The second kappa shape index (κ2) is 4.84. The molecule has 21 heavy (non-hydrogen) atoms. The third-order valence-corrected chi connectivity index (χ3v) is 3.87. The van der Waals surface area contributed by atoms with Crippen LogP contribution >= 0.6 is 11.6 Å². The first-order valence-electron chi connectivity index (χ1n) is 6.39. The van der Waals surface area contributed by atoms with E-state index >= 15 is 0 Å². The molecule has 6 heteroatoms. The van der Waals surface area contributed by atoms with Gasteiger partial charge in [0.05, 0.1) is 16.3 Å². The lowest BCUT2D eigenvalue weighted by Gasteiger charge is -2.22. The van der Waals surface area contributed by atoms with Crippen molar-refractivity contribution in [3.8, 4) is 0 Å². The summed E-state index contributed by atoms with van der Waals surface area (Å²) >= 11 is 6.05. The number of nitrogens with zero attached hydrogens (tertiary/aromatic N) is 1. The molecule has 0 unspecified atom stereocenters. The molecule has 2 N–H and O–H groups in total. The van der Waals surface area contributed by atoms with Crippen LogP contribution in [0.2, 0.25) is 5.02 Å². The monoisotopic (exact) mass is 312 g/mol. The molecular weight excluding hydrogens is 301 g/mol. The van der Waals surface area contributed by atoms with Crippen LogP contribution in [0, 0.1) is 0 Å². The van der Waals surface area contributed by atoms with E-state index in [4.69, 9.17) is 17.3 Å². The lowest BCUT2D eigenvalue weighted by molar-refractivity contribution is -0.137. The van der Waals surface area contributed by atoms with Gasteiger partial charge >= 0.3 is 6.18 Å². The van der Waals surface area contributed by atoms with Crippen molar-refractivity contribution in [3.63, 3.8) is 0 Å². The number of hydrogen-bond acceptors (Lipinski definition) is 2. The maximum atomic E-state index is 12.7. The molecule has 1 heterocycles. The van der Waals surface area contributed by atoms with Crippen LogP contribution in [0.4, 0.5) is 30.2 Å². The van der Waals surface area contributed by atoms with Crippen LogP contribution in [0.25, 0.3) is 0 Å². The molecule has 0 spiro atoms. The van der Waals surface area contributed by atoms with Crippen molar-refractivity contribution in [2.75, 3.05) is 17.2 Å². The molecule has 3 rings (SSSR count). The number of benzene rings is 2. The molecule has 0 radical (unpaired) electrons. The molecule has 1 aliphatic rings. The number of rotatable bonds is 1. The molecule has 0 fully saturated rings. The van der Waals surface area contributed by atoms with Gasteiger partial charge in [-0.05, 0) is 48.4 Å². The number of fused-ring (bicyclic) bond motifs is 1. The van der Waals surface area contributed by atoms with Crippen molar-refractivity contribution in [2.45, 2.75) is 12.6 Å². The molecule has 2 aromatic carbocycles. The Morgan fingerprint density at radius 1 is 1.05 bits per heavy atom. The molecule has 0 aromatic heterocycles. The Morgan fingerprint density at radius 2 is 1.76 bits per heavy atom. The van der Waals surface area contributed by atoms with E-state index in [1.807, 2.05) is 17.0 Å². The number of anilines is 3. The van der Waals surface area contributed by atoms with Crippen molar-refractivity contribution in [1.82, 2.24) is 0 Å². The van der Waals surface area contributed by atoms with Crippen LogP contribution in [-0.2, 0) is 12.6 Å². The van der Waals surface area contributed by atoms with E-state index in [1.165, 1.54) is 6.07 Å². The lowest BCUT2D eigenvalue weighted by Crippen LogP contribution is -2.14. The topological polar surface area (TPSA) is 29.3 Å². The Bertz CT molecular complexity index is 698. The lowest BCUT2D eigenvalue weighted by atomic mass is 10.1. The molecule has 0 saturated heterocycles. The van der Waals surface area contributed by atoms with Crippen LogP contribution in [0.15, 0.2) is 36.4 Å². The first-order chi connectivity index (χ1) is 9.86. The summed E-state index contributed by atoms with van der Waals surface area (Å²) in [6, 6.07) is 8.95. The summed E-state index contributed by atoms with van der Waals surface area (Å²) in [5.41, 5.74) is 8.26. The Labute approximate surface area is 124 Å². The van der Waals surface area contributed by atoms with Gasteiger partial charge in [-0.3, -0.25) is 0 Å². The summed E-state index contributed by atoms with van der Waals surface area (Å²) < 4.78 is 38.0. The average molecular weight is 313 g/mol. The number of halogens is 4. The fraction of sp³-hybridized carbons (Fsp3) is 0.200. The Kier molecular flexibility index (Phi) is 3.24. The van der Waals surface area contributed by atoms with E-state index in [-0.39, 0.29) is 5.02 Å². The summed E-state index contributed by atoms with van der Waals surface area (Å²) in [7, 11) is 0. The quantitative estimate of drug-likeness (QED) is 0.778. The summed E-state index contributed by atoms with van der Waals surface area (Å²) in [4.78, 5) is 1.91. The highest BCUT2D eigenvalue weighted by Crippen LogP contribution is 2.41. The van der Waals surface area contributed by atoms with Gasteiger partial charge < -0.3 is 10.6 Å². The highest BCUT2D eigenvalue weighted by atomic mass is 35.5. The molecule has 1 aliphatic heterocycles. The third kappa shape index (κ3) is 2.53. The first kappa shape index (κ1) is 14.1. The van der Waals surface area contributed by atoms with E-state index in [9.17, 15) is 13.2 Å². The van der Waals surface area contributed by atoms with Crippen LogP contribution in [-0.4, -0.2) is 6.54 Å². The van der Waals surface area contributed by atoms with Gasteiger partial charge in [0.1, 0.15) is 0 Å². The Balaban J connectivity index is 2.00. The van der Waals surface area contributed by atoms with E-state index in [0.29, 0.717) is 17.9 Å². The minimum atomic E-state index is -4.39. The zero-order chi connectivity index (χ0) is 15.2. The van der Waals surface area contributed by atoms with Gasteiger partial charge in [-0.1, -0.05) is 11.6 Å². The Hall–Kier alpha value is -1.88. The summed E-state index contributed by atoms with van der Waals surface area (Å²) in [5.74, 6) is 0. The van der Waals surface area contributed by atoms with Crippen LogP contribution in [0.3, 0.4) is 0 Å². The molecule has 0 saturated carbocycles. The zero-order valence-electron chi connectivity index (χ0n) is 10.9. The summed E-state index contributed by atoms with van der Waals surface area (Å²) in [6.07, 6.45) is -3.60. The molecule has 2 nitrogen and oxygen atoms in total. The van der Waals surface area contributed by atoms with Crippen molar-refractivity contribution in [1.29, 1.82) is 0 Å². The second-order valence-corrected chi connectivity index (χ2v) is 5.36. The van der Waals surface area contributed by atoms with Gasteiger partial charge in [0.2, 0.25) is 0 Å². The van der Waals surface area contributed by atoms with Gasteiger partial charge in [-0.15, -0.1) is 0 Å². The molecule has 0 aliphatic carbocycles. The minimum absolute atomic E-state index is 0.0921. The summed E-state index contributed by atoms with van der Waals surface area (Å²) in [5, 5.41) is 0.0921. The number of hydrogen-bond donors (Lipinski definition) is 1. The predicted molar refractivity (Wildman–Crippen MR) is 78.0 cm³/mol. The average Bonchev–Trinajstić information content (AvgIpc) is 2.80. The largest absolute Gasteiger partial charge is 0.416 e. The summed E-state index contributed by atoms with van der Waals surface area (Å²) in [6.45, 7) is 0.671. The van der Waals surface area contributed by atoms with Crippen molar-refractivity contribution in [3.05, 3.63) is 52.5 Å². The molecule has 110 valence electrons. The highest BCUT2D eigenvalue weighted by molar-refractivity contribution is 6.33. The van der Waals surface area contributed by atoms with E-state index in [1.54, 1.807) is 6.07 Å². The van der Waals surface area contributed by atoms with Crippen molar-refractivity contribution >= 4 is 28.7 Å². The fourth-order valence-corrected chi connectivity index (χ4v) is 2.86. The normalized spacial score (nSPS) is 14.4. The van der Waals surface area contributed by atoms with E-state index in [0.717, 1.165) is 29.8 Å². The van der Waals surface area contributed by atoms with Gasteiger partial charge in [0.25, 0.3) is 0 Å².